The van der Waals surface area contributed by atoms with Crippen molar-refractivity contribution in [2.24, 2.45) is 5.73 Å². The number of rotatable bonds is 2. The van der Waals surface area contributed by atoms with Gasteiger partial charge in [-0.25, -0.2) is 4.39 Å². The molecule has 0 spiro atoms. The molecule has 2 aromatic carbocycles. The fourth-order valence-corrected chi connectivity index (χ4v) is 3.57. The van der Waals surface area contributed by atoms with Crippen LogP contribution in [-0.4, -0.2) is 6.61 Å². The van der Waals surface area contributed by atoms with Gasteiger partial charge in [-0.1, -0.05) is 37.9 Å². The zero-order chi connectivity index (χ0) is 14.3. The van der Waals surface area contributed by atoms with Crippen molar-refractivity contribution in [2.45, 2.75) is 12.5 Å². The Morgan fingerprint density at radius 1 is 1.15 bits per heavy atom. The largest absolute Gasteiger partial charge is 0.493 e. The first-order chi connectivity index (χ1) is 9.56. The van der Waals surface area contributed by atoms with Crippen LogP contribution in [0.5, 0.6) is 5.75 Å². The SMILES string of the molecule is NC(c1ccc(F)cc1Br)c1cc(Br)cc2c1OCC2. The lowest BCUT2D eigenvalue weighted by atomic mass is 9.96. The third kappa shape index (κ3) is 2.50. The fourth-order valence-electron chi connectivity index (χ4n) is 2.45. The Morgan fingerprint density at radius 2 is 1.95 bits per heavy atom. The second kappa shape index (κ2) is 5.47. The number of hydrogen-bond acceptors (Lipinski definition) is 2. The minimum absolute atomic E-state index is 0.288. The Morgan fingerprint density at radius 3 is 2.70 bits per heavy atom. The van der Waals surface area contributed by atoms with Gasteiger partial charge in [-0.3, -0.25) is 0 Å². The van der Waals surface area contributed by atoms with E-state index in [0.717, 1.165) is 33.3 Å². The zero-order valence-electron chi connectivity index (χ0n) is 10.5. The molecule has 0 aromatic heterocycles. The van der Waals surface area contributed by atoms with Crippen LogP contribution in [0, 0.1) is 5.82 Å². The molecule has 0 fully saturated rings. The lowest BCUT2D eigenvalue weighted by Crippen LogP contribution is -2.14. The molecule has 0 aliphatic carbocycles. The number of halogens is 3. The molecule has 1 aliphatic heterocycles. The summed E-state index contributed by atoms with van der Waals surface area (Å²) in [5, 5.41) is 0. The zero-order valence-corrected chi connectivity index (χ0v) is 13.7. The van der Waals surface area contributed by atoms with Gasteiger partial charge in [-0.15, -0.1) is 0 Å². The maximum atomic E-state index is 13.2. The number of fused-ring (bicyclic) bond motifs is 1. The van der Waals surface area contributed by atoms with Crippen LogP contribution in [-0.2, 0) is 6.42 Å². The monoisotopic (exact) mass is 399 g/mol. The summed E-state index contributed by atoms with van der Waals surface area (Å²) in [6, 6.07) is 8.19. The van der Waals surface area contributed by atoms with E-state index in [4.69, 9.17) is 10.5 Å². The third-order valence-electron chi connectivity index (χ3n) is 3.41. The van der Waals surface area contributed by atoms with Gasteiger partial charge in [0.1, 0.15) is 11.6 Å². The predicted molar refractivity (Wildman–Crippen MR) is 83.5 cm³/mol. The number of nitrogens with two attached hydrogens (primary N) is 1. The van der Waals surface area contributed by atoms with Crippen LogP contribution in [0.2, 0.25) is 0 Å². The summed E-state index contributed by atoms with van der Waals surface area (Å²) < 4.78 is 20.5. The molecule has 20 heavy (non-hydrogen) atoms. The molecule has 1 atom stereocenters. The van der Waals surface area contributed by atoms with E-state index in [9.17, 15) is 4.39 Å². The summed E-state index contributed by atoms with van der Waals surface area (Å²) in [6.07, 6.45) is 0.888. The van der Waals surface area contributed by atoms with Gasteiger partial charge in [-0.2, -0.15) is 0 Å². The highest BCUT2D eigenvalue weighted by atomic mass is 79.9. The lowest BCUT2D eigenvalue weighted by molar-refractivity contribution is 0.352. The van der Waals surface area contributed by atoms with E-state index in [2.05, 4.69) is 37.9 Å². The van der Waals surface area contributed by atoms with Crippen molar-refractivity contribution in [1.82, 2.24) is 0 Å². The van der Waals surface area contributed by atoms with Crippen molar-refractivity contribution >= 4 is 31.9 Å². The first kappa shape index (κ1) is 14.0. The van der Waals surface area contributed by atoms with E-state index in [0.29, 0.717) is 11.1 Å². The van der Waals surface area contributed by atoms with E-state index in [1.54, 1.807) is 6.07 Å². The first-order valence-electron chi connectivity index (χ1n) is 6.22. The van der Waals surface area contributed by atoms with Crippen LogP contribution in [0.3, 0.4) is 0 Å². The summed E-state index contributed by atoms with van der Waals surface area (Å²) in [5.41, 5.74) is 9.26. The maximum absolute atomic E-state index is 13.2. The van der Waals surface area contributed by atoms with Crippen molar-refractivity contribution in [3.63, 3.8) is 0 Å². The van der Waals surface area contributed by atoms with Crippen molar-refractivity contribution < 1.29 is 9.13 Å². The number of benzene rings is 2. The van der Waals surface area contributed by atoms with Gasteiger partial charge in [-0.05, 0) is 35.4 Å². The van der Waals surface area contributed by atoms with Crippen molar-refractivity contribution in [3.8, 4) is 5.75 Å². The van der Waals surface area contributed by atoms with Crippen molar-refractivity contribution in [1.29, 1.82) is 0 Å². The Hall–Kier alpha value is -0.910. The van der Waals surface area contributed by atoms with Gasteiger partial charge in [0.05, 0.1) is 12.6 Å². The smallest absolute Gasteiger partial charge is 0.127 e. The second-order valence-electron chi connectivity index (χ2n) is 4.73. The Bertz CT molecular complexity index is 675. The molecule has 5 heteroatoms. The minimum atomic E-state index is -0.366. The highest BCUT2D eigenvalue weighted by molar-refractivity contribution is 9.10. The second-order valence-corrected chi connectivity index (χ2v) is 6.50. The number of ether oxygens (including phenoxy) is 1. The quantitative estimate of drug-likeness (QED) is 0.813. The Kier molecular flexibility index (Phi) is 3.84. The molecule has 2 N–H and O–H groups in total. The summed E-state index contributed by atoms with van der Waals surface area (Å²) in [6.45, 7) is 0.677. The molecule has 0 bridgehead atoms. The van der Waals surface area contributed by atoms with Crippen LogP contribution >= 0.6 is 31.9 Å². The summed E-state index contributed by atoms with van der Waals surface area (Å²) in [4.78, 5) is 0. The Labute approximate surface area is 133 Å². The molecular formula is C15H12Br2FNO. The van der Waals surface area contributed by atoms with Crippen molar-refractivity contribution in [3.05, 3.63) is 61.8 Å². The highest BCUT2D eigenvalue weighted by Gasteiger charge is 2.23. The predicted octanol–water partition coefficient (Wildman–Crippen LogP) is 4.33. The maximum Gasteiger partial charge on any atom is 0.127 e. The summed E-state index contributed by atoms with van der Waals surface area (Å²) >= 11 is 6.88. The molecule has 1 heterocycles. The molecule has 1 aliphatic rings. The average molecular weight is 401 g/mol. The van der Waals surface area contributed by atoms with Crippen molar-refractivity contribution in [2.75, 3.05) is 6.61 Å². The van der Waals surface area contributed by atoms with E-state index in [-0.39, 0.29) is 11.9 Å². The molecule has 0 saturated carbocycles. The molecule has 2 aromatic rings. The van der Waals surface area contributed by atoms with Crippen LogP contribution in [0.15, 0.2) is 39.3 Å². The summed E-state index contributed by atoms with van der Waals surface area (Å²) in [5.74, 6) is 0.570. The van der Waals surface area contributed by atoms with Gasteiger partial charge < -0.3 is 10.5 Å². The van der Waals surface area contributed by atoms with E-state index < -0.39 is 0 Å². The molecule has 0 radical (unpaired) electrons. The number of hydrogen-bond donors (Lipinski definition) is 1. The highest BCUT2D eigenvalue weighted by Crippen LogP contribution is 2.39. The molecule has 3 rings (SSSR count). The molecule has 0 saturated heterocycles. The van der Waals surface area contributed by atoms with E-state index >= 15 is 0 Å². The topological polar surface area (TPSA) is 35.2 Å². The minimum Gasteiger partial charge on any atom is -0.493 e. The van der Waals surface area contributed by atoms with Crippen LogP contribution in [0.4, 0.5) is 4.39 Å². The van der Waals surface area contributed by atoms with E-state index in [1.165, 1.54) is 12.1 Å². The van der Waals surface area contributed by atoms with Gasteiger partial charge in [0.25, 0.3) is 0 Å². The van der Waals surface area contributed by atoms with Gasteiger partial charge in [0.2, 0.25) is 0 Å². The average Bonchev–Trinajstić information content (AvgIpc) is 2.85. The molecule has 1 unspecified atom stereocenters. The fraction of sp³-hybridized carbons (Fsp3) is 0.200. The molecular weight excluding hydrogens is 389 g/mol. The van der Waals surface area contributed by atoms with Crippen LogP contribution in [0.1, 0.15) is 22.7 Å². The standard InChI is InChI=1S/C15H12Br2FNO/c16-9-5-8-3-4-20-15(8)12(6-9)14(19)11-2-1-10(18)7-13(11)17/h1-2,5-7,14H,3-4,19H2. The van der Waals surface area contributed by atoms with Gasteiger partial charge in [0, 0.05) is 20.9 Å². The molecule has 2 nitrogen and oxygen atoms in total. The van der Waals surface area contributed by atoms with Gasteiger partial charge >= 0.3 is 0 Å². The lowest BCUT2D eigenvalue weighted by Gasteiger charge is -2.18. The molecule has 104 valence electrons. The first-order valence-corrected chi connectivity index (χ1v) is 7.80. The summed E-state index contributed by atoms with van der Waals surface area (Å²) in [7, 11) is 0. The van der Waals surface area contributed by atoms with Crippen LogP contribution in [0.25, 0.3) is 0 Å². The third-order valence-corrected chi connectivity index (χ3v) is 4.55. The molecule has 0 amide bonds. The normalized spacial score (nSPS) is 14.8. The van der Waals surface area contributed by atoms with Crippen LogP contribution < -0.4 is 10.5 Å². The van der Waals surface area contributed by atoms with Gasteiger partial charge in [0.15, 0.2) is 0 Å². The van der Waals surface area contributed by atoms with E-state index in [1.807, 2.05) is 6.07 Å². The Balaban J connectivity index is 2.09.